The van der Waals surface area contributed by atoms with Crippen LogP contribution < -0.4 is 4.90 Å². The SMILES string of the molecule is Fc1ccc(C2(c3noc(CN4CCN(c5cccc(C(F)(F)F)n5)CC4)n3)CCCC2)cc1. The van der Waals surface area contributed by atoms with Gasteiger partial charge in [0.2, 0.25) is 5.89 Å². The van der Waals surface area contributed by atoms with Crippen molar-refractivity contribution in [2.24, 2.45) is 0 Å². The Kier molecular flexibility index (Phi) is 6.01. The third kappa shape index (κ3) is 4.51. The van der Waals surface area contributed by atoms with E-state index in [1.807, 2.05) is 4.90 Å². The van der Waals surface area contributed by atoms with Crippen LogP contribution >= 0.6 is 0 Å². The van der Waals surface area contributed by atoms with E-state index < -0.39 is 11.9 Å². The van der Waals surface area contributed by atoms with Crippen molar-refractivity contribution in [2.45, 2.75) is 43.8 Å². The smallest absolute Gasteiger partial charge is 0.354 e. The molecular formula is C24H25F4N5O. The lowest BCUT2D eigenvalue weighted by molar-refractivity contribution is -0.141. The van der Waals surface area contributed by atoms with Crippen LogP contribution in [0, 0.1) is 5.82 Å². The predicted molar refractivity (Wildman–Crippen MR) is 117 cm³/mol. The predicted octanol–water partition coefficient (Wildman–Crippen LogP) is 4.80. The van der Waals surface area contributed by atoms with Crippen LogP contribution in [0.2, 0.25) is 0 Å². The fourth-order valence-corrected chi connectivity index (χ4v) is 4.99. The molecule has 0 spiro atoms. The number of alkyl halides is 3. The first kappa shape index (κ1) is 22.8. The van der Waals surface area contributed by atoms with E-state index in [-0.39, 0.29) is 11.2 Å². The number of halogens is 4. The van der Waals surface area contributed by atoms with Gasteiger partial charge in [-0.2, -0.15) is 18.2 Å². The first-order chi connectivity index (χ1) is 16.3. The second-order valence-electron chi connectivity index (χ2n) is 8.95. The number of hydrogen-bond acceptors (Lipinski definition) is 6. The molecule has 1 saturated heterocycles. The number of pyridine rings is 1. The first-order valence-electron chi connectivity index (χ1n) is 11.4. The summed E-state index contributed by atoms with van der Waals surface area (Å²) >= 11 is 0. The lowest BCUT2D eigenvalue weighted by atomic mass is 9.78. The minimum atomic E-state index is -4.46. The van der Waals surface area contributed by atoms with Crippen LogP contribution in [0.4, 0.5) is 23.4 Å². The van der Waals surface area contributed by atoms with E-state index in [1.165, 1.54) is 18.2 Å². The molecule has 0 atom stereocenters. The van der Waals surface area contributed by atoms with Gasteiger partial charge in [-0.3, -0.25) is 4.90 Å². The van der Waals surface area contributed by atoms with Crippen molar-refractivity contribution in [1.29, 1.82) is 0 Å². The highest BCUT2D eigenvalue weighted by Gasteiger charge is 2.41. The molecule has 0 N–H and O–H groups in total. The van der Waals surface area contributed by atoms with E-state index in [2.05, 4.69) is 15.0 Å². The molecule has 10 heteroatoms. The highest BCUT2D eigenvalue weighted by atomic mass is 19.4. The highest BCUT2D eigenvalue weighted by molar-refractivity contribution is 5.40. The number of nitrogens with zero attached hydrogens (tertiary/aromatic N) is 5. The zero-order chi connectivity index (χ0) is 23.8. The summed E-state index contributed by atoms with van der Waals surface area (Å²) in [7, 11) is 0. The third-order valence-electron chi connectivity index (χ3n) is 6.83. The van der Waals surface area contributed by atoms with Crippen LogP contribution in [0.1, 0.15) is 48.7 Å². The van der Waals surface area contributed by atoms with Crippen LogP contribution in [-0.4, -0.2) is 46.2 Å². The van der Waals surface area contributed by atoms with E-state index in [9.17, 15) is 17.6 Å². The number of piperazine rings is 1. The minimum Gasteiger partial charge on any atom is -0.354 e. The molecule has 0 unspecified atom stereocenters. The summed E-state index contributed by atoms with van der Waals surface area (Å²) in [6.45, 7) is 2.84. The fourth-order valence-electron chi connectivity index (χ4n) is 4.99. The lowest BCUT2D eigenvalue weighted by Crippen LogP contribution is -2.46. The van der Waals surface area contributed by atoms with E-state index in [4.69, 9.17) is 9.51 Å². The van der Waals surface area contributed by atoms with Crippen molar-refractivity contribution in [1.82, 2.24) is 20.0 Å². The topological polar surface area (TPSA) is 58.3 Å². The molecule has 34 heavy (non-hydrogen) atoms. The summed E-state index contributed by atoms with van der Waals surface area (Å²) in [5.41, 5.74) is -0.239. The number of anilines is 1. The normalized spacial score (nSPS) is 19.0. The molecule has 3 aromatic rings. The van der Waals surface area contributed by atoms with Gasteiger partial charge < -0.3 is 9.42 Å². The van der Waals surface area contributed by atoms with Crippen molar-refractivity contribution in [3.05, 3.63) is 71.3 Å². The maximum absolute atomic E-state index is 13.5. The Morgan fingerprint density at radius 1 is 0.912 bits per heavy atom. The molecule has 2 aliphatic rings. The Hall–Kier alpha value is -3.01. The van der Waals surface area contributed by atoms with Crippen LogP contribution in [-0.2, 0) is 18.1 Å². The number of rotatable bonds is 5. The molecule has 1 saturated carbocycles. The van der Waals surface area contributed by atoms with Crippen molar-refractivity contribution in [3.8, 4) is 0 Å². The number of benzene rings is 1. The van der Waals surface area contributed by atoms with Gasteiger partial charge >= 0.3 is 6.18 Å². The molecular weight excluding hydrogens is 450 g/mol. The lowest BCUT2D eigenvalue weighted by Gasteiger charge is -2.34. The average molecular weight is 475 g/mol. The fraction of sp³-hybridized carbons (Fsp3) is 0.458. The molecule has 5 rings (SSSR count). The van der Waals surface area contributed by atoms with Gasteiger partial charge in [-0.1, -0.05) is 36.2 Å². The number of aromatic nitrogens is 3. The quantitative estimate of drug-likeness (QED) is 0.494. The summed E-state index contributed by atoms with van der Waals surface area (Å²) < 4.78 is 58.0. The van der Waals surface area contributed by atoms with Gasteiger partial charge in [0, 0.05) is 26.2 Å². The van der Waals surface area contributed by atoms with E-state index in [0.29, 0.717) is 50.3 Å². The zero-order valence-corrected chi connectivity index (χ0v) is 18.6. The zero-order valence-electron chi connectivity index (χ0n) is 18.6. The second kappa shape index (κ2) is 8.98. The molecule has 180 valence electrons. The summed E-state index contributed by atoms with van der Waals surface area (Å²) in [5, 5.41) is 4.30. The van der Waals surface area contributed by atoms with Crippen molar-refractivity contribution < 1.29 is 22.1 Å². The van der Waals surface area contributed by atoms with Crippen molar-refractivity contribution >= 4 is 5.82 Å². The largest absolute Gasteiger partial charge is 0.433 e. The van der Waals surface area contributed by atoms with Gasteiger partial charge in [0.05, 0.1) is 12.0 Å². The highest BCUT2D eigenvalue weighted by Crippen LogP contribution is 2.45. The molecule has 1 aliphatic heterocycles. The maximum Gasteiger partial charge on any atom is 0.433 e. The van der Waals surface area contributed by atoms with Crippen molar-refractivity contribution in [2.75, 3.05) is 31.1 Å². The van der Waals surface area contributed by atoms with Gasteiger partial charge in [-0.25, -0.2) is 9.37 Å². The average Bonchev–Trinajstić information content (AvgIpc) is 3.50. The van der Waals surface area contributed by atoms with Gasteiger partial charge in [0.25, 0.3) is 0 Å². The molecule has 0 radical (unpaired) electrons. The monoisotopic (exact) mass is 475 g/mol. The Morgan fingerprint density at radius 2 is 1.62 bits per heavy atom. The summed E-state index contributed by atoms with van der Waals surface area (Å²) in [5.74, 6) is 1.20. The molecule has 2 fully saturated rings. The maximum atomic E-state index is 13.5. The summed E-state index contributed by atoms with van der Waals surface area (Å²) in [6.07, 6.45) is -0.585. The summed E-state index contributed by atoms with van der Waals surface area (Å²) in [4.78, 5) is 12.5. The standard InChI is InChI=1S/C24H25F4N5O/c25-18-8-6-17(7-9-18)23(10-1-2-11-23)22-30-21(34-31-22)16-32-12-14-33(15-13-32)20-5-3-4-19(29-20)24(26,27)28/h3-9H,1-2,10-16H2. The first-order valence-corrected chi connectivity index (χ1v) is 11.4. The molecule has 1 aliphatic carbocycles. The van der Waals surface area contributed by atoms with Gasteiger partial charge in [0.1, 0.15) is 17.3 Å². The van der Waals surface area contributed by atoms with Crippen LogP contribution in [0.25, 0.3) is 0 Å². The molecule has 3 heterocycles. The molecule has 2 aromatic heterocycles. The van der Waals surface area contributed by atoms with Gasteiger partial charge in [-0.15, -0.1) is 0 Å². The van der Waals surface area contributed by atoms with Gasteiger partial charge in [-0.05, 0) is 42.7 Å². The van der Waals surface area contributed by atoms with Crippen LogP contribution in [0.5, 0.6) is 0 Å². The van der Waals surface area contributed by atoms with E-state index in [1.54, 1.807) is 18.2 Å². The Balaban J connectivity index is 1.24. The Bertz CT molecular complexity index is 1120. The number of hydrogen-bond donors (Lipinski definition) is 0. The second-order valence-corrected chi connectivity index (χ2v) is 8.95. The molecule has 0 bridgehead atoms. The van der Waals surface area contributed by atoms with Crippen molar-refractivity contribution in [3.63, 3.8) is 0 Å². The molecule has 0 amide bonds. The summed E-state index contributed by atoms with van der Waals surface area (Å²) in [6, 6.07) is 10.5. The minimum absolute atomic E-state index is 0.273. The Labute approximate surface area is 194 Å². The Morgan fingerprint density at radius 3 is 2.29 bits per heavy atom. The van der Waals surface area contributed by atoms with E-state index >= 15 is 0 Å². The van der Waals surface area contributed by atoms with E-state index in [0.717, 1.165) is 37.3 Å². The van der Waals surface area contributed by atoms with Crippen LogP contribution in [0.15, 0.2) is 47.0 Å². The van der Waals surface area contributed by atoms with Gasteiger partial charge in [0.15, 0.2) is 5.82 Å². The molecule has 1 aromatic carbocycles. The third-order valence-corrected chi connectivity index (χ3v) is 6.83. The van der Waals surface area contributed by atoms with Crippen LogP contribution in [0.3, 0.4) is 0 Å². The molecule has 6 nitrogen and oxygen atoms in total.